The number of carbonyl (C=O) groups excluding carboxylic acids is 2. The second-order valence-electron chi connectivity index (χ2n) is 9.20. The third-order valence-corrected chi connectivity index (χ3v) is 7.75. The average molecular weight is 601 g/mol. The van der Waals surface area contributed by atoms with E-state index in [0.717, 1.165) is 38.1 Å². The van der Waals surface area contributed by atoms with Crippen LogP contribution in [0.1, 0.15) is 30.0 Å². The van der Waals surface area contributed by atoms with E-state index in [-0.39, 0.29) is 12.5 Å². The van der Waals surface area contributed by atoms with Crippen LogP contribution in [0, 0.1) is 6.92 Å². The Labute approximate surface area is 234 Å². The van der Waals surface area contributed by atoms with Crippen molar-refractivity contribution in [2.75, 3.05) is 23.7 Å². The minimum atomic E-state index is -3.79. The summed E-state index contributed by atoms with van der Waals surface area (Å²) in [6.07, 6.45) is 2.12. The summed E-state index contributed by atoms with van der Waals surface area (Å²) in [4.78, 5) is 29.0. The predicted molar refractivity (Wildman–Crippen MR) is 155 cm³/mol. The molecule has 2 amide bonds. The molecule has 7 nitrogen and oxygen atoms in total. The van der Waals surface area contributed by atoms with Crippen molar-refractivity contribution in [3.63, 3.8) is 0 Å². The lowest BCUT2D eigenvalue weighted by atomic mass is 10.0. The predicted octanol–water partition coefficient (Wildman–Crippen LogP) is 4.69. The maximum atomic E-state index is 14.0. The summed E-state index contributed by atoms with van der Waals surface area (Å²) in [6.45, 7) is 3.95. The van der Waals surface area contributed by atoms with E-state index < -0.39 is 28.5 Å². The van der Waals surface area contributed by atoms with E-state index >= 15 is 0 Å². The lowest BCUT2D eigenvalue weighted by Gasteiger charge is -2.33. The molecule has 0 saturated heterocycles. The van der Waals surface area contributed by atoms with Gasteiger partial charge in [-0.25, -0.2) is 8.42 Å². The van der Waals surface area contributed by atoms with Crippen LogP contribution < -0.4 is 9.62 Å². The first-order valence-electron chi connectivity index (χ1n) is 12.5. The van der Waals surface area contributed by atoms with Gasteiger partial charge in [0.05, 0.1) is 11.9 Å². The quantitative estimate of drug-likeness (QED) is 0.327. The molecule has 0 aliphatic rings. The van der Waals surface area contributed by atoms with Gasteiger partial charge in [-0.3, -0.25) is 13.9 Å². The van der Waals surface area contributed by atoms with Crippen molar-refractivity contribution in [1.29, 1.82) is 0 Å². The molecule has 1 atom stereocenters. The Kier molecular flexibility index (Phi) is 10.5. The molecule has 0 aromatic heterocycles. The molecule has 0 unspecified atom stereocenters. The van der Waals surface area contributed by atoms with Gasteiger partial charge in [0, 0.05) is 24.0 Å². The zero-order chi connectivity index (χ0) is 27.7. The number of halogens is 1. The molecule has 0 fully saturated rings. The highest BCUT2D eigenvalue weighted by Crippen LogP contribution is 2.24. The van der Waals surface area contributed by atoms with Crippen molar-refractivity contribution in [3.8, 4) is 0 Å². The zero-order valence-corrected chi connectivity index (χ0v) is 24.3. The second-order valence-corrected chi connectivity index (χ2v) is 12.0. The van der Waals surface area contributed by atoms with E-state index in [4.69, 9.17) is 0 Å². The summed E-state index contributed by atoms with van der Waals surface area (Å²) < 4.78 is 27.7. The van der Waals surface area contributed by atoms with E-state index in [1.54, 1.807) is 25.1 Å². The fraction of sp³-hybridized carbons (Fsp3) is 0.310. The Morgan fingerprint density at radius 3 is 2.24 bits per heavy atom. The van der Waals surface area contributed by atoms with E-state index in [9.17, 15) is 18.0 Å². The number of sulfonamides is 1. The molecule has 0 spiro atoms. The Morgan fingerprint density at radius 2 is 1.61 bits per heavy atom. The van der Waals surface area contributed by atoms with E-state index in [1.807, 2.05) is 67.6 Å². The largest absolute Gasteiger partial charge is 0.354 e. The van der Waals surface area contributed by atoms with Crippen LogP contribution in [0.15, 0.2) is 83.3 Å². The van der Waals surface area contributed by atoms with Crippen molar-refractivity contribution in [1.82, 2.24) is 10.2 Å². The van der Waals surface area contributed by atoms with Crippen LogP contribution in [0.2, 0.25) is 0 Å². The second kappa shape index (κ2) is 13.6. The number of nitrogens with zero attached hydrogens (tertiary/aromatic N) is 2. The summed E-state index contributed by atoms with van der Waals surface area (Å²) in [7, 11) is -3.79. The molecule has 0 saturated carbocycles. The van der Waals surface area contributed by atoms with Crippen LogP contribution in [0.25, 0.3) is 0 Å². The number of amides is 2. The summed E-state index contributed by atoms with van der Waals surface area (Å²) in [5.41, 5.74) is 2.87. The van der Waals surface area contributed by atoms with Crippen LogP contribution in [0.3, 0.4) is 0 Å². The molecular formula is C29H34BrN3O4S. The standard InChI is InChI=1S/C29H34BrN3O4S/c1-4-17-31-29(35)27(19-23-12-6-5-7-13-23)32(20-24-14-10-15-25(30)18-24)28(34)21-33(38(3,36)37)26-16-9-8-11-22(26)2/h5-16,18,27H,4,17,19-21H2,1-3H3,(H,31,35)/t27-/m0/s1. The number of benzene rings is 3. The number of nitrogens with one attached hydrogen (secondary N) is 1. The van der Waals surface area contributed by atoms with Crippen molar-refractivity contribution in [2.45, 2.75) is 39.3 Å². The number of carbonyl (C=O) groups is 2. The normalized spacial score (nSPS) is 12.0. The molecule has 9 heteroatoms. The first kappa shape index (κ1) is 29.4. The van der Waals surface area contributed by atoms with Gasteiger partial charge in [-0.2, -0.15) is 0 Å². The van der Waals surface area contributed by atoms with Gasteiger partial charge in [-0.15, -0.1) is 0 Å². The van der Waals surface area contributed by atoms with Crippen molar-refractivity contribution in [3.05, 3.63) is 100 Å². The van der Waals surface area contributed by atoms with Gasteiger partial charge < -0.3 is 10.2 Å². The van der Waals surface area contributed by atoms with Gasteiger partial charge >= 0.3 is 0 Å². The molecule has 3 rings (SSSR count). The number of aryl methyl sites for hydroxylation is 1. The molecular weight excluding hydrogens is 566 g/mol. The average Bonchev–Trinajstić information content (AvgIpc) is 2.88. The monoisotopic (exact) mass is 599 g/mol. The van der Waals surface area contributed by atoms with Crippen molar-refractivity contribution >= 4 is 43.5 Å². The van der Waals surface area contributed by atoms with E-state index in [0.29, 0.717) is 18.7 Å². The highest BCUT2D eigenvalue weighted by atomic mass is 79.9. The summed E-state index contributed by atoms with van der Waals surface area (Å²) in [5, 5.41) is 2.94. The first-order valence-corrected chi connectivity index (χ1v) is 15.1. The van der Waals surface area contributed by atoms with Crippen LogP contribution in [-0.4, -0.2) is 50.5 Å². The van der Waals surface area contributed by atoms with Gasteiger partial charge in [0.25, 0.3) is 0 Å². The minimum Gasteiger partial charge on any atom is -0.354 e. The molecule has 3 aromatic rings. The van der Waals surface area contributed by atoms with Crippen LogP contribution in [-0.2, 0) is 32.6 Å². The fourth-order valence-corrected chi connectivity index (χ4v) is 5.54. The summed E-state index contributed by atoms with van der Waals surface area (Å²) in [6, 6.07) is 23.2. The van der Waals surface area contributed by atoms with Gasteiger partial charge in [0.15, 0.2) is 0 Å². The number of hydrogen-bond donors (Lipinski definition) is 1. The third-order valence-electron chi connectivity index (χ3n) is 6.13. The fourth-order valence-electron chi connectivity index (χ4n) is 4.19. The van der Waals surface area contributed by atoms with Crippen LogP contribution >= 0.6 is 15.9 Å². The van der Waals surface area contributed by atoms with Crippen molar-refractivity contribution in [2.24, 2.45) is 0 Å². The SMILES string of the molecule is CCCNC(=O)[C@H](Cc1ccccc1)N(Cc1cccc(Br)c1)C(=O)CN(c1ccccc1C)S(C)(=O)=O. The molecule has 0 bridgehead atoms. The Morgan fingerprint density at radius 1 is 0.947 bits per heavy atom. The summed E-state index contributed by atoms with van der Waals surface area (Å²) in [5.74, 6) is -0.743. The molecule has 0 radical (unpaired) electrons. The minimum absolute atomic E-state index is 0.140. The summed E-state index contributed by atoms with van der Waals surface area (Å²) >= 11 is 3.48. The number of hydrogen-bond acceptors (Lipinski definition) is 4. The van der Waals surface area contributed by atoms with Gasteiger partial charge in [0.2, 0.25) is 21.8 Å². The molecule has 3 aromatic carbocycles. The Hall–Kier alpha value is -3.17. The van der Waals surface area contributed by atoms with E-state index in [2.05, 4.69) is 21.2 Å². The highest BCUT2D eigenvalue weighted by molar-refractivity contribution is 9.10. The zero-order valence-electron chi connectivity index (χ0n) is 21.9. The van der Waals surface area contributed by atoms with Crippen LogP contribution in [0.5, 0.6) is 0 Å². The molecule has 0 aliphatic heterocycles. The van der Waals surface area contributed by atoms with Gasteiger partial charge in [-0.1, -0.05) is 83.5 Å². The Balaban J connectivity index is 2.05. The third kappa shape index (κ3) is 8.16. The molecule has 0 heterocycles. The number of anilines is 1. The van der Waals surface area contributed by atoms with Crippen molar-refractivity contribution < 1.29 is 18.0 Å². The highest BCUT2D eigenvalue weighted by Gasteiger charge is 2.33. The maximum absolute atomic E-state index is 14.0. The molecule has 0 aliphatic carbocycles. The number of para-hydroxylation sites is 1. The smallest absolute Gasteiger partial charge is 0.244 e. The topological polar surface area (TPSA) is 86.8 Å². The van der Waals surface area contributed by atoms with Gasteiger partial charge in [-0.05, 0) is 48.2 Å². The molecule has 202 valence electrons. The lowest BCUT2D eigenvalue weighted by Crippen LogP contribution is -2.53. The van der Waals surface area contributed by atoms with Crippen LogP contribution in [0.4, 0.5) is 5.69 Å². The lowest BCUT2D eigenvalue weighted by molar-refractivity contribution is -0.140. The molecule has 1 N–H and O–H groups in total. The maximum Gasteiger partial charge on any atom is 0.244 e. The first-order chi connectivity index (χ1) is 18.1. The molecule has 38 heavy (non-hydrogen) atoms. The van der Waals surface area contributed by atoms with E-state index in [1.165, 1.54) is 4.90 Å². The van der Waals surface area contributed by atoms with Gasteiger partial charge in [0.1, 0.15) is 12.6 Å². The Bertz CT molecular complexity index is 1350. The number of rotatable bonds is 12.